The topological polar surface area (TPSA) is 97.4 Å². The number of morpholine rings is 1. The summed E-state index contributed by atoms with van der Waals surface area (Å²) in [6.07, 6.45) is -0.497. The van der Waals surface area contributed by atoms with E-state index in [9.17, 15) is 9.59 Å². The third-order valence-electron chi connectivity index (χ3n) is 5.29. The van der Waals surface area contributed by atoms with Gasteiger partial charge in [0.25, 0.3) is 11.5 Å². The van der Waals surface area contributed by atoms with Crippen LogP contribution in [0.4, 0.5) is 0 Å². The summed E-state index contributed by atoms with van der Waals surface area (Å²) < 4.78 is 11.7. The highest BCUT2D eigenvalue weighted by Crippen LogP contribution is 2.28. The monoisotopic (exact) mass is 456 g/mol. The summed E-state index contributed by atoms with van der Waals surface area (Å²) in [5.74, 6) is 1.02. The van der Waals surface area contributed by atoms with Crippen LogP contribution in [0.3, 0.4) is 0 Å². The number of hydrogen-bond donors (Lipinski definition) is 1. The molecule has 0 saturated carbocycles. The number of carbonyl (C=O) groups is 1. The first-order valence-corrected chi connectivity index (χ1v) is 10.9. The molecule has 1 amide bonds. The lowest BCUT2D eigenvalue weighted by atomic mass is 10.1. The second-order valence-electron chi connectivity index (χ2n) is 8.13. The van der Waals surface area contributed by atoms with Crippen molar-refractivity contribution in [2.45, 2.75) is 46.0 Å². The number of ether oxygens (including phenoxy) is 2. The summed E-state index contributed by atoms with van der Waals surface area (Å²) >= 11 is 6.39. The summed E-state index contributed by atoms with van der Waals surface area (Å²) in [4.78, 5) is 38.2. The van der Waals surface area contributed by atoms with Gasteiger partial charge in [0.1, 0.15) is 23.4 Å². The number of nitrogens with one attached hydrogen (secondary N) is 1. The summed E-state index contributed by atoms with van der Waals surface area (Å²) in [6.45, 7) is 8.56. The maximum atomic E-state index is 12.8. The molecule has 0 radical (unpaired) electrons. The third kappa shape index (κ3) is 4.61. The van der Waals surface area contributed by atoms with Gasteiger partial charge in [-0.1, -0.05) is 11.6 Å². The number of aromatic nitrogens is 3. The number of aromatic amines is 1. The largest absolute Gasteiger partial charge is 0.484 e. The van der Waals surface area contributed by atoms with Gasteiger partial charge in [0.2, 0.25) is 0 Å². The van der Waals surface area contributed by atoms with Gasteiger partial charge in [-0.05, 0) is 58.0 Å². The van der Waals surface area contributed by atoms with Crippen LogP contribution in [0.15, 0.2) is 35.1 Å². The van der Waals surface area contributed by atoms with E-state index in [-0.39, 0.29) is 29.2 Å². The van der Waals surface area contributed by atoms with E-state index in [2.05, 4.69) is 15.0 Å². The molecule has 0 spiro atoms. The maximum absolute atomic E-state index is 12.8. The van der Waals surface area contributed by atoms with Gasteiger partial charge in [0.15, 0.2) is 5.52 Å². The number of rotatable bonds is 4. The number of carbonyl (C=O) groups excluding carboxylic acids is 1. The molecule has 0 aliphatic carbocycles. The molecule has 32 heavy (non-hydrogen) atoms. The molecule has 2 aromatic heterocycles. The summed E-state index contributed by atoms with van der Waals surface area (Å²) in [5, 5.41) is 0.366. The van der Waals surface area contributed by atoms with Crippen molar-refractivity contribution in [1.82, 2.24) is 19.9 Å². The van der Waals surface area contributed by atoms with Crippen LogP contribution in [-0.2, 0) is 4.74 Å². The van der Waals surface area contributed by atoms with Gasteiger partial charge in [-0.2, -0.15) is 0 Å². The molecule has 0 bridgehead atoms. The zero-order valence-electron chi connectivity index (χ0n) is 18.4. The fraction of sp³-hybridized carbons (Fsp3) is 0.391. The van der Waals surface area contributed by atoms with Crippen LogP contribution < -0.4 is 10.3 Å². The Kier molecular flexibility index (Phi) is 6.17. The molecule has 1 unspecified atom stereocenters. The smallest absolute Gasteiger partial charge is 0.277 e. The Morgan fingerprint density at radius 3 is 2.53 bits per heavy atom. The molecule has 1 fully saturated rings. The number of benzene rings is 1. The van der Waals surface area contributed by atoms with Crippen LogP contribution in [0.25, 0.3) is 11.0 Å². The summed E-state index contributed by atoms with van der Waals surface area (Å²) in [7, 11) is 0. The summed E-state index contributed by atoms with van der Waals surface area (Å²) in [5.41, 5.74) is 1.34. The number of hydrogen-bond acceptors (Lipinski definition) is 6. The number of fused-ring (bicyclic) bond motifs is 1. The van der Waals surface area contributed by atoms with E-state index >= 15 is 0 Å². The average Bonchev–Trinajstić information content (AvgIpc) is 2.72. The molecule has 1 N–H and O–H groups in total. The van der Waals surface area contributed by atoms with Crippen molar-refractivity contribution in [3.8, 4) is 5.75 Å². The number of aryl methyl sites for hydroxylation is 1. The van der Waals surface area contributed by atoms with Crippen molar-refractivity contribution in [1.29, 1.82) is 0 Å². The quantitative estimate of drug-likeness (QED) is 0.643. The zero-order chi connectivity index (χ0) is 23.0. The van der Waals surface area contributed by atoms with E-state index in [1.807, 2.05) is 18.7 Å². The van der Waals surface area contributed by atoms with Crippen LogP contribution >= 0.6 is 11.6 Å². The Labute approximate surface area is 190 Å². The number of halogens is 1. The van der Waals surface area contributed by atoms with Crippen molar-refractivity contribution in [2.75, 3.05) is 13.1 Å². The van der Waals surface area contributed by atoms with E-state index in [0.717, 1.165) is 0 Å². The molecule has 1 aliphatic rings. The Balaban J connectivity index is 1.50. The molecule has 1 aromatic carbocycles. The normalized spacial score (nSPS) is 19.7. The lowest BCUT2D eigenvalue weighted by molar-refractivity contribution is -0.0586. The van der Waals surface area contributed by atoms with Crippen LogP contribution in [0.1, 0.15) is 48.8 Å². The van der Waals surface area contributed by atoms with Crippen molar-refractivity contribution in [3.63, 3.8) is 0 Å². The molecular formula is C23H25ClN4O4. The predicted octanol–water partition coefficient (Wildman–Crippen LogP) is 3.67. The average molecular weight is 457 g/mol. The van der Waals surface area contributed by atoms with Crippen molar-refractivity contribution in [3.05, 3.63) is 62.8 Å². The standard InChI is InChI=1S/C23H25ClN4O4/c1-12-10-28(11-13(2)31-12)23(30)16-5-7-17(8-6-16)32-14(3)20-18(24)9-19-21(27-20)22(29)26-15(4)25-19/h5-9,12-14H,10-11H2,1-4H3,(H,25,26,29)/t12-,13+,14?. The van der Waals surface area contributed by atoms with Gasteiger partial charge in [0.05, 0.1) is 22.7 Å². The fourth-order valence-corrected chi connectivity index (χ4v) is 4.22. The van der Waals surface area contributed by atoms with Gasteiger partial charge in [-0.15, -0.1) is 0 Å². The van der Waals surface area contributed by atoms with E-state index in [0.29, 0.717) is 46.5 Å². The lowest BCUT2D eigenvalue weighted by Gasteiger charge is -2.35. The first-order chi connectivity index (χ1) is 15.2. The molecular weight excluding hydrogens is 432 g/mol. The van der Waals surface area contributed by atoms with Crippen LogP contribution in [0.5, 0.6) is 5.75 Å². The molecule has 4 rings (SSSR count). The highest BCUT2D eigenvalue weighted by molar-refractivity contribution is 6.31. The van der Waals surface area contributed by atoms with Gasteiger partial charge >= 0.3 is 0 Å². The highest BCUT2D eigenvalue weighted by atomic mass is 35.5. The first-order valence-electron chi connectivity index (χ1n) is 10.5. The Morgan fingerprint density at radius 1 is 1.22 bits per heavy atom. The van der Waals surface area contributed by atoms with Crippen molar-refractivity contribution in [2.24, 2.45) is 0 Å². The van der Waals surface area contributed by atoms with Crippen LogP contribution in [-0.4, -0.2) is 51.1 Å². The minimum absolute atomic E-state index is 0.0108. The van der Waals surface area contributed by atoms with Crippen LogP contribution in [0.2, 0.25) is 5.02 Å². The Bertz CT molecular complexity index is 1200. The molecule has 9 heteroatoms. The SMILES string of the molecule is Cc1nc2cc(Cl)c(C(C)Oc3ccc(C(=O)N4C[C@@H](C)O[C@@H](C)C4)cc3)nc2c(=O)[nH]1. The van der Waals surface area contributed by atoms with Gasteiger partial charge in [0, 0.05) is 18.7 Å². The molecule has 3 atom stereocenters. The molecule has 8 nitrogen and oxygen atoms in total. The summed E-state index contributed by atoms with van der Waals surface area (Å²) in [6, 6.07) is 8.57. The highest BCUT2D eigenvalue weighted by Gasteiger charge is 2.26. The molecule has 1 saturated heterocycles. The second kappa shape index (κ2) is 8.88. The fourth-order valence-electron chi connectivity index (χ4n) is 3.93. The lowest BCUT2D eigenvalue weighted by Crippen LogP contribution is -2.48. The molecule has 168 valence electrons. The minimum Gasteiger partial charge on any atom is -0.484 e. The first kappa shape index (κ1) is 22.2. The van der Waals surface area contributed by atoms with E-state index in [1.54, 1.807) is 44.2 Å². The minimum atomic E-state index is -0.518. The number of H-pyrrole nitrogens is 1. The van der Waals surface area contributed by atoms with Crippen molar-refractivity contribution < 1.29 is 14.3 Å². The number of amides is 1. The molecule has 1 aliphatic heterocycles. The zero-order valence-corrected chi connectivity index (χ0v) is 19.1. The number of pyridine rings is 1. The predicted molar refractivity (Wildman–Crippen MR) is 121 cm³/mol. The van der Waals surface area contributed by atoms with E-state index in [4.69, 9.17) is 21.1 Å². The van der Waals surface area contributed by atoms with Gasteiger partial charge < -0.3 is 19.4 Å². The number of nitrogens with zero attached hydrogens (tertiary/aromatic N) is 3. The van der Waals surface area contributed by atoms with Crippen molar-refractivity contribution >= 4 is 28.5 Å². The van der Waals surface area contributed by atoms with Crippen LogP contribution in [0, 0.1) is 6.92 Å². The van der Waals surface area contributed by atoms with E-state index < -0.39 is 6.10 Å². The second-order valence-corrected chi connectivity index (χ2v) is 8.53. The Morgan fingerprint density at radius 2 is 1.88 bits per heavy atom. The van der Waals surface area contributed by atoms with Gasteiger partial charge in [-0.25, -0.2) is 9.97 Å². The third-order valence-corrected chi connectivity index (χ3v) is 5.59. The maximum Gasteiger partial charge on any atom is 0.277 e. The molecule has 3 heterocycles. The van der Waals surface area contributed by atoms with E-state index in [1.165, 1.54) is 0 Å². The van der Waals surface area contributed by atoms with Gasteiger partial charge in [-0.3, -0.25) is 9.59 Å². The molecule has 3 aromatic rings. The Hall–Kier alpha value is -2.97.